The molecule has 0 saturated carbocycles. The number of anilines is 1. The van der Waals surface area contributed by atoms with Gasteiger partial charge in [0.15, 0.2) is 0 Å². The molecule has 0 radical (unpaired) electrons. The average Bonchev–Trinajstić information content (AvgIpc) is 3.40. The molecule has 1 aromatic carbocycles. The number of aliphatic carboxylic acids is 1. The SMILES string of the molecule is CN1CCC(c2ccc3nc(-c4c(N)c5ccsc5[nH]c4=O)[nH]c3c2)CC1.O=C(O)C(F)(F)F. The molecule has 3 aromatic heterocycles. The monoisotopic (exact) mass is 493 g/mol. The molecule has 0 amide bonds. The van der Waals surface area contributed by atoms with Gasteiger partial charge in [0, 0.05) is 5.39 Å². The lowest BCUT2D eigenvalue weighted by Crippen LogP contribution is -2.29. The van der Waals surface area contributed by atoms with Crippen LogP contribution < -0.4 is 11.3 Å². The van der Waals surface area contributed by atoms with Crippen LogP contribution in [0.3, 0.4) is 0 Å². The maximum Gasteiger partial charge on any atom is 0.490 e. The summed E-state index contributed by atoms with van der Waals surface area (Å²) in [6, 6.07) is 8.31. The molecule has 5 rings (SSSR count). The highest BCUT2D eigenvalue weighted by molar-refractivity contribution is 7.16. The molecule has 5 N–H and O–H groups in total. The Morgan fingerprint density at radius 1 is 1.24 bits per heavy atom. The van der Waals surface area contributed by atoms with Gasteiger partial charge in [-0.3, -0.25) is 4.79 Å². The zero-order valence-corrected chi connectivity index (χ0v) is 18.9. The molecule has 0 atom stereocenters. The lowest BCUT2D eigenvalue weighted by Gasteiger charge is -2.29. The standard InChI is InChI=1S/C20H21N5OS.C2HF3O2/c1-25-7-4-11(5-8-25)12-2-3-14-15(10-12)23-18(22-14)16-17(21)13-6-9-27-20(13)24-19(16)26;3-2(4,5)1(6)7/h2-3,6,9-11H,4-5,7-8H2,1H3,(H,22,23)(H3,21,24,26);(H,6,7). The number of carboxylic acid groups (broad SMARTS) is 1. The van der Waals surface area contributed by atoms with Gasteiger partial charge in [0.05, 0.1) is 16.7 Å². The van der Waals surface area contributed by atoms with E-state index in [0.717, 1.165) is 34.3 Å². The van der Waals surface area contributed by atoms with Crippen LogP contribution in [0.15, 0.2) is 34.4 Å². The molecule has 0 aliphatic carbocycles. The second-order valence-corrected chi connectivity index (χ2v) is 9.06. The highest BCUT2D eigenvalue weighted by atomic mass is 32.1. The molecule has 0 spiro atoms. The van der Waals surface area contributed by atoms with Gasteiger partial charge >= 0.3 is 12.1 Å². The molecule has 4 heterocycles. The minimum atomic E-state index is -5.08. The van der Waals surface area contributed by atoms with Crippen LogP contribution >= 0.6 is 11.3 Å². The van der Waals surface area contributed by atoms with Gasteiger partial charge in [-0.15, -0.1) is 11.3 Å². The Hall–Kier alpha value is -3.38. The smallest absolute Gasteiger partial charge is 0.475 e. The number of hydrogen-bond acceptors (Lipinski definition) is 6. The topological polar surface area (TPSA) is 128 Å². The minimum absolute atomic E-state index is 0.211. The molecule has 4 aromatic rings. The van der Waals surface area contributed by atoms with Gasteiger partial charge in [0.1, 0.15) is 16.2 Å². The number of aromatic amines is 2. The number of fused-ring (bicyclic) bond motifs is 2. The number of nitrogens with zero attached hydrogens (tertiary/aromatic N) is 2. The fourth-order valence-electron chi connectivity index (χ4n) is 4.02. The summed E-state index contributed by atoms with van der Waals surface area (Å²) in [6.45, 7) is 2.26. The Kier molecular flexibility index (Phi) is 6.36. The number of carbonyl (C=O) groups is 1. The Morgan fingerprint density at radius 3 is 2.56 bits per heavy atom. The number of nitrogens with two attached hydrogens (primary N) is 1. The van der Waals surface area contributed by atoms with Gasteiger partial charge in [-0.05, 0) is 68.0 Å². The summed E-state index contributed by atoms with van der Waals surface area (Å²) in [5, 5.41) is 9.91. The third kappa shape index (κ3) is 4.77. The largest absolute Gasteiger partial charge is 0.490 e. The third-order valence-corrected chi connectivity index (χ3v) is 6.68. The number of H-pyrrole nitrogens is 2. The number of imidazole rings is 1. The van der Waals surface area contributed by atoms with Crippen LogP contribution in [0.2, 0.25) is 0 Å². The normalized spacial score (nSPS) is 15.4. The van der Waals surface area contributed by atoms with E-state index >= 15 is 0 Å². The molecular weight excluding hydrogens is 471 g/mol. The number of alkyl halides is 3. The number of pyridine rings is 1. The third-order valence-electron chi connectivity index (χ3n) is 5.85. The van der Waals surface area contributed by atoms with Gasteiger partial charge in [0.2, 0.25) is 0 Å². The van der Waals surface area contributed by atoms with E-state index in [1.54, 1.807) is 0 Å². The van der Waals surface area contributed by atoms with Crippen molar-refractivity contribution in [2.75, 3.05) is 25.9 Å². The molecule has 0 unspecified atom stereocenters. The molecule has 1 saturated heterocycles. The van der Waals surface area contributed by atoms with Crippen LogP contribution in [0, 0.1) is 0 Å². The number of likely N-dealkylation sites (tertiary alicyclic amines) is 1. The molecule has 1 aliphatic rings. The Morgan fingerprint density at radius 2 is 1.91 bits per heavy atom. The van der Waals surface area contributed by atoms with Gasteiger partial charge in [-0.1, -0.05) is 6.07 Å². The first-order valence-corrected chi connectivity index (χ1v) is 11.3. The Labute approximate surface area is 195 Å². The summed E-state index contributed by atoms with van der Waals surface area (Å²) < 4.78 is 31.7. The van der Waals surface area contributed by atoms with E-state index in [-0.39, 0.29) is 5.56 Å². The number of benzene rings is 1. The highest BCUT2D eigenvalue weighted by Crippen LogP contribution is 2.32. The van der Waals surface area contributed by atoms with Gasteiger partial charge < -0.3 is 25.7 Å². The summed E-state index contributed by atoms with van der Waals surface area (Å²) >= 11 is 1.47. The Bertz CT molecular complexity index is 1400. The molecule has 1 aliphatic heterocycles. The fourth-order valence-corrected chi connectivity index (χ4v) is 4.81. The molecular formula is C22H22F3N5O3S. The predicted molar refractivity (Wildman–Crippen MR) is 125 cm³/mol. The number of nitrogens with one attached hydrogen (secondary N) is 2. The van der Waals surface area contributed by atoms with E-state index < -0.39 is 12.1 Å². The van der Waals surface area contributed by atoms with Crippen molar-refractivity contribution in [2.45, 2.75) is 24.9 Å². The van der Waals surface area contributed by atoms with Crippen molar-refractivity contribution in [2.24, 2.45) is 0 Å². The van der Waals surface area contributed by atoms with E-state index in [1.807, 2.05) is 17.5 Å². The van der Waals surface area contributed by atoms with Crippen LogP contribution in [0.1, 0.15) is 24.3 Å². The van der Waals surface area contributed by atoms with E-state index in [1.165, 1.54) is 29.7 Å². The van der Waals surface area contributed by atoms with Crippen LogP contribution in [0.4, 0.5) is 18.9 Å². The number of nitrogen functional groups attached to an aromatic ring is 1. The number of carboxylic acids is 1. The quantitative estimate of drug-likeness (QED) is 0.332. The van der Waals surface area contributed by atoms with Crippen molar-refractivity contribution in [3.8, 4) is 11.4 Å². The zero-order valence-electron chi connectivity index (χ0n) is 18.1. The maximum atomic E-state index is 12.6. The summed E-state index contributed by atoms with van der Waals surface area (Å²) in [7, 11) is 2.17. The predicted octanol–water partition coefficient (Wildman–Crippen LogP) is 4.16. The van der Waals surface area contributed by atoms with Gasteiger partial charge in [-0.25, -0.2) is 9.78 Å². The molecule has 34 heavy (non-hydrogen) atoms. The second kappa shape index (κ2) is 9.11. The van der Waals surface area contributed by atoms with Crippen molar-refractivity contribution in [3.63, 3.8) is 0 Å². The number of piperidine rings is 1. The van der Waals surface area contributed by atoms with Gasteiger partial charge in [-0.2, -0.15) is 13.2 Å². The Balaban J connectivity index is 0.000000344. The van der Waals surface area contributed by atoms with E-state index in [2.05, 4.69) is 39.0 Å². The molecule has 8 nitrogen and oxygen atoms in total. The summed E-state index contributed by atoms with van der Waals surface area (Å²) in [4.78, 5) is 35.5. The molecule has 12 heteroatoms. The number of aromatic nitrogens is 3. The van der Waals surface area contributed by atoms with Crippen molar-refractivity contribution < 1.29 is 23.1 Å². The van der Waals surface area contributed by atoms with E-state index in [0.29, 0.717) is 23.0 Å². The first-order chi connectivity index (χ1) is 16.0. The summed E-state index contributed by atoms with van der Waals surface area (Å²) in [5.74, 6) is -1.65. The van der Waals surface area contributed by atoms with E-state index in [9.17, 15) is 18.0 Å². The second-order valence-electron chi connectivity index (χ2n) is 8.15. The van der Waals surface area contributed by atoms with Crippen molar-refractivity contribution in [1.82, 2.24) is 19.9 Å². The number of rotatable bonds is 2. The van der Waals surface area contributed by atoms with Crippen molar-refractivity contribution >= 4 is 44.2 Å². The van der Waals surface area contributed by atoms with Gasteiger partial charge in [0.25, 0.3) is 5.56 Å². The van der Waals surface area contributed by atoms with Crippen LogP contribution in [-0.2, 0) is 4.79 Å². The molecule has 180 valence electrons. The number of hydrogen-bond donors (Lipinski definition) is 4. The summed E-state index contributed by atoms with van der Waals surface area (Å²) in [5.41, 5.74) is 10.1. The lowest BCUT2D eigenvalue weighted by atomic mass is 9.89. The molecule has 1 fully saturated rings. The van der Waals surface area contributed by atoms with Crippen LogP contribution in [-0.4, -0.2) is 57.2 Å². The van der Waals surface area contributed by atoms with Crippen molar-refractivity contribution in [1.29, 1.82) is 0 Å². The van der Waals surface area contributed by atoms with Crippen molar-refractivity contribution in [3.05, 3.63) is 45.6 Å². The lowest BCUT2D eigenvalue weighted by molar-refractivity contribution is -0.192. The number of halogens is 3. The van der Waals surface area contributed by atoms with E-state index in [4.69, 9.17) is 15.6 Å². The first kappa shape index (κ1) is 23.8. The summed E-state index contributed by atoms with van der Waals surface area (Å²) in [6.07, 6.45) is -2.74. The molecule has 0 bridgehead atoms. The van der Waals surface area contributed by atoms with Crippen LogP contribution in [0.25, 0.3) is 32.6 Å². The minimum Gasteiger partial charge on any atom is -0.475 e. The maximum absolute atomic E-state index is 12.6. The first-order valence-electron chi connectivity index (χ1n) is 10.4. The number of thiophene rings is 1. The van der Waals surface area contributed by atoms with Crippen LogP contribution in [0.5, 0.6) is 0 Å². The zero-order chi connectivity index (χ0) is 24.6. The fraction of sp³-hybridized carbons (Fsp3) is 0.318. The average molecular weight is 494 g/mol. The highest BCUT2D eigenvalue weighted by Gasteiger charge is 2.38.